The number of thioether (sulfide) groups is 1. The number of ether oxygens (including phenoxy) is 1. The normalized spacial score (nSPS) is 16.8. The molecule has 0 radical (unpaired) electrons. The van der Waals surface area contributed by atoms with E-state index in [1.54, 1.807) is 0 Å². The van der Waals surface area contributed by atoms with Gasteiger partial charge in [-0.05, 0) is 24.8 Å². The summed E-state index contributed by atoms with van der Waals surface area (Å²) in [7, 11) is 0. The minimum absolute atomic E-state index is 0.168. The van der Waals surface area contributed by atoms with Gasteiger partial charge in [-0.15, -0.1) is 11.8 Å². The summed E-state index contributed by atoms with van der Waals surface area (Å²) in [5, 5.41) is 19.8. The van der Waals surface area contributed by atoms with E-state index in [1.165, 1.54) is 11.8 Å². The van der Waals surface area contributed by atoms with Gasteiger partial charge in [-0.3, -0.25) is 0 Å². The van der Waals surface area contributed by atoms with Crippen molar-refractivity contribution in [2.75, 3.05) is 12.3 Å². The first kappa shape index (κ1) is 17.3. The van der Waals surface area contributed by atoms with E-state index in [0.717, 1.165) is 24.8 Å². The van der Waals surface area contributed by atoms with Gasteiger partial charge < -0.3 is 10.5 Å². The van der Waals surface area contributed by atoms with Crippen LogP contribution in [0.4, 0.5) is 5.82 Å². The average Bonchev–Trinajstić information content (AvgIpc) is 2.67. The molecule has 1 unspecified atom stereocenters. The molecule has 6 heteroatoms. The number of nitrogens with zero attached hydrogens (tertiary/aromatic N) is 3. The maximum atomic E-state index is 9.73. The first-order valence-electron chi connectivity index (χ1n) is 8.16. The van der Waals surface area contributed by atoms with Crippen LogP contribution in [0.3, 0.4) is 0 Å². The van der Waals surface area contributed by atoms with E-state index in [2.05, 4.69) is 17.1 Å². The smallest absolute Gasteiger partial charge is 0.143 e. The van der Waals surface area contributed by atoms with Crippen LogP contribution in [0.1, 0.15) is 47.6 Å². The fourth-order valence-corrected chi connectivity index (χ4v) is 3.90. The maximum Gasteiger partial charge on any atom is 0.143 e. The summed E-state index contributed by atoms with van der Waals surface area (Å²) < 4.78 is 5.83. The number of nitrogen functional groups attached to an aromatic ring is 1. The molecule has 2 heterocycles. The van der Waals surface area contributed by atoms with Gasteiger partial charge >= 0.3 is 0 Å². The van der Waals surface area contributed by atoms with Crippen molar-refractivity contribution >= 4 is 17.6 Å². The molecule has 1 fully saturated rings. The van der Waals surface area contributed by atoms with Crippen molar-refractivity contribution in [3.05, 3.63) is 52.6 Å². The van der Waals surface area contributed by atoms with Gasteiger partial charge in [0.05, 0.1) is 11.7 Å². The minimum Gasteiger partial charge on any atom is -0.383 e. The molecular formula is C19H18N4OS. The zero-order chi connectivity index (χ0) is 17.6. The molecular weight excluding hydrogens is 332 g/mol. The lowest BCUT2D eigenvalue weighted by Gasteiger charge is -2.25. The summed E-state index contributed by atoms with van der Waals surface area (Å²) in [5.74, 6) is 0.847. The van der Waals surface area contributed by atoms with Gasteiger partial charge in [-0.25, -0.2) is 4.98 Å². The minimum atomic E-state index is -0.264. The molecule has 5 nitrogen and oxygen atoms in total. The highest BCUT2D eigenvalue weighted by atomic mass is 32.2. The van der Waals surface area contributed by atoms with Crippen LogP contribution >= 0.6 is 11.8 Å². The highest BCUT2D eigenvalue weighted by Gasteiger charge is 2.27. The monoisotopic (exact) mass is 350 g/mol. The number of nitrogens with two attached hydrogens (primary N) is 1. The molecule has 3 rings (SSSR count). The van der Waals surface area contributed by atoms with Crippen LogP contribution in [0.2, 0.25) is 0 Å². The van der Waals surface area contributed by atoms with Gasteiger partial charge in [0.15, 0.2) is 0 Å². The van der Waals surface area contributed by atoms with Crippen LogP contribution in [0.25, 0.3) is 0 Å². The summed E-state index contributed by atoms with van der Waals surface area (Å²) in [6.45, 7) is 0.634. The third-order valence-corrected chi connectivity index (χ3v) is 5.22. The lowest BCUT2D eigenvalue weighted by Crippen LogP contribution is -2.16. The van der Waals surface area contributed by atoms with Crippen molar-refractivity contribution in [3.63, 3.8) is 0 Å². The first-order valence-corrected chi connectivity index (χ1v) is 9.15. The van der Waals surface area contributed by atoms with Crippen LogP contribution in [-0.4, -0.2) is 11.6 Å². The number of rotatable bonds is 4. The van der Waals surface area contributed by atoms with Crippen LogP contribution in [-0.2, 0) is 10.5 Å². The van der Waals surface area contributed by atoms with E-state index < -0.39 is 0 Å². The van der Waals surface area contributed by atoms with Crippen molar-refractivity contribution in [3.8, 4) is 12.1 Å². The fourth-order valence-electron chi connectivity index (χ4n) is 2.95. The number of hydrogen-bond donors (Lipinski definition) is 1. The predicted molar refractivity (Wildman–Crippen MR) is 96.6 cm³/mol. The summed E-state index contributed by atoms with van der Waals surface area (Å²) in [6, 6.07) is 14.3. The number of benzene rings is 1. The largest absolute Gasteiger partial charge is 0.383 e. The van der Waals surface area contributed by atoms with Gasteiger partial charge in [0.25, 0.3) is 0 Å². The second-order valence-electron chi connectivity index (χ2n) is 5.82. The van der Waals surface area contributed by atoms with E-state index >= 15 is 0 Å². The Morgan fingerprint density at radius 3 is 2.56 bits per heavy atom. The van der Waals surface area contributed by atoms with Gasteiger partial charge in [0, 0.05) is 17.9 Å². The average molecular weight is 350 g/mol. The maximum absolute atomic E-state index is 9.73. The van der Waals surface area contributed by atoms with E-state index in [0.29, 0.717) is 28.5 Å². The molecule has 1 atom stereocenters. The molecule has 126 valence electrons. The van der Waals surface area contributed by atoms with E-state index in [-0.39, 0.29) is 17.5 Å². The van der Waals surface area contributed by atoms with Crippen molar-refractivity contribution in [1.29, 1.82) is 10.5 Å². The van der Waals surface area contributed by atoms with Crippen LogP contribution < -0.4 is 5.73 Å². The highest BCUT2D eigenvalue weighted by Crippen LogP contribution is 2.38. The Kier molecular flexibility index (Phi) is 5.55. The Bertz CT molecular complexity index is 833. The molecule has 0 spiro atoms. The number of aromatic nitrogens is 1. The standard InChI is InChI=1S/C19H18N4OS/c20-10-14-17(16-8-4-5-9-24-16)15(11-21)19(23-18(14)22)25-12-13-6-2-1-3-7-13/h1-3,6-7,16H,4-5,8-9,12H2,(H2,22,23). The number of nitriles is 2. The molecule has 1 aromatic carbocycles. The molecule has 1 aliphatic rings. The van der Waals surface area contributed by atoms with Gasteiger partial charge in [0.1, 0.15) is 28.5 Å². The molecule has 0 aliphatic carbocycles. The predicted octanol–water partition coefficient (Wildman–Crippen LogP) is 3.94. The van der Waals surface area contributed by atoms with E-state index in [9.17, 15) is 10.5 Å². The zero-order valence-electron chi connectivity index (χ0n) is 13.7. The van der Waals surface area contributed by atoms with Crippen molar-refractivity contribution in [2.24, 2.45) is 0 Å². The SMILES string of the molecule is N#Cc1c(N)nc(SCc2ccccc2)c(C#N)c1C1CCCCO1. The van der Waals surface area contributed by atoms with Gasteiger partial charge in [-0.1, -0.05) is 30.3 Å². The lowest BCUT2D eigenvalue weighted by molar-refractivity contribution is 0.0145. The Balaban J connectivity index is 1.99. The fraction of sp³-hybridized carbons (Fsp3) is 0.316. The quantitative estimate of drug-likeness (QED) is 0.839. The lowest BCUT2D eigenvalue weighted by atomic mass is 9.94. The summed E-state index contributed by atoms with van der Waals surface area (Å²) in [4.78, 5) is 4.33. The van der Waals surface area contributed by atoms with Crippen LogP contribution in [0.15, 0.2) is 35.4 Å². The molecule has 2 N–H and O–H groups in total. The topological polar surface area (TPSA) is 95.7 Å². The Morgan fingerprint density at radius 2 is 1.92 bits per heavy atom. The molecule has 1 aromatic heterocycles. The molecule has 25 heavy (non-hydrogen) atoms. The molecule has 0 amide bonds. The molecule has 0 bridgehead atoms. The van der Waals surface area contributed by atoms with Gasteiger partial charge in [0.2, 0.25) is 0 Å². The number of pyridine rings is 1. The second-order valence-corrected chi connectivity index (χ2v) is 6.78. The van der Waals surface area contributed by atoms with Gasteiger partial charge in [-0.2, -0.15) is 10.5 Å². The summed E-state index contributed by atoms with van der Waals surface area (Å²) in [5.41, 5.74) is 8.45. The summed E-state index contributed by atoms with van der Waals surface area (Å²) in [6.07, 6.45) is 2.53. The van der Waals surface area contributed by atoms with Crippen LogP contribution in [0, 0.1) is 22.7 Å². The highest BCUT2D eigenvalue weighted by molar-refractivity contribution is 7.98. The molecule has 2 aromatic rings. The molecule has 0 saturated carbocycles. The van der Waals surface area contributed by atoms with Crippen molar-refractivity contribution in [1.82, 2.24) is 4.98 Å². The van der Waals surface area contributed by atoms with Crippen LogP contribution in [0.5, 0.6) is 0 Å². The van der Waals surface area contributed by atoms with E-state index in [4.69, 9.17) is 10.5 Å². The Morgan fingerprint density at radius 1 is 1.16 bits per heavy atom. The van der Waals surface area contributed by atoms with E-state index in [1.807, 2.05) is 30.3 Å². The molecule has 1 aliphatic heterocycles. The Hall–Kier alpha value is -2.54. The Labute approximate surface area is 151 Å². The zero-order valence-corrected chi connectivity index (χ0v) is 14.6. The number of anilines is 1. The third kappa shape index (κ3) is 3.76. The molecule has 1 saturated heterocycles. The summed E-state index contributed by atoms with van der Waals surface area (Å²) >= 11 is 1.46. The van der Waals surface area contributed by atoms with Crippen molar-refractivity contribution in [2.45, 2.75) is 36.1 Å². The number of hydrogen-bond acceptors (Lipinski definition) is 6. The first-order chi connectivity index (χ1) is 12.2. The second kappa shape index (κ2) is 8.02. The van der Waals surface area contributed by atoms with Crippen molar-refractivity contribution < 1.29 is 4.74 Å². The third-order valence-electron chi connectivity index (χ3n) is 4.17.